The molecule has 72 valence electrons. The number of benzene rings is 1. The van der Waals surface area contributed by atoms with Gasteiger partial charge < -0.3 is 4.90 Å². The lowest BCUT2D eigenvalue weighted by Gasteiger charge is -2.09. The highest BCUT2D eigenvalue weighted by Gasteiger charge is 2.08. The molecular formula is C11H11NOS. The second kappa shape index (κ2) is 3.42. The molecule has 1 aromatic carbocycles. The fourth-order valence-corrected chi connectivity index (χ4v) is 2.17. The Morgan fingerprint density at radius 1 is 1.29 bits per heavy atom. The maximum absolute atomic E-state index is 11.6. The largest absolute Gasteiger partial charge is 0.345 e. The standard InChI is InChI=1S/C11H11NOS/c1-12(2)11(13)9-4-3-8-5-6-14-10(8)7-9/h3-7H,1-2H3. The van der Waals surface area contributed by atoms with Gasteiger partial charge in [-0.05, 0) is 29.0 Å². The molecule has 0 saturated heterocycles. The van der Waals surface area contributed by atoms with E-state index in [1.807, 2.05) is 23.6 Å². The molecule has 0 aliphatic heterocycles. The number of hydrogen-bond acceptors (Lipinski definition) is 2. The summed E-state index contributed by atoms with van der Waals surface area (Å²) in [4.78, 5) is 13.2. The van der Waals surface area contributed by atoms with Crippen molar-refractivity contribution < 1.29 is 4.79 Å². The molecule has 3 heteroatoms. The number of carbonyl (C=O) groups is 1. The number of rotatable bonds is 1. The number of carbonyl (C=O) groups excluding carboxylic acids is 1. The first-order valence-electron chi connectivity index (χ1n) is 4.37. The molecule has 0 saturated carbocycles. The number of fused-ring (bicyclic) bond motifs is 1. The van der Waals surface area contributed by atoms with Crippen molar-refractivity contribution in [3.63, 3.8) is 0 Å². The minimum absolute atomic E-state index is 0.0558. The lowest BCUT2D eigenvalue weighted by Crippen LogP contribution is -2.21. The second-order valence-corrected chi connectivity index (χ2v) is 4.32. The van der Waals surface area contributed by atoms with Gasteiger partial charge >= 0.3 is 0 Å². The molecule has 1 heterocycles. The SMILES string of the molecule is CN(C)C(=O)c1ccc2ccsc2c1. The Balaban J connectivity index is 2.48. The van der Waals surface area contributed by atoms with Crippen LogP contribution in [0.2, 0.25) is 0 Å². The Labute approximate surface area is 86.8 Å². The van der Waals surface area contributed by atoms with E-state index >= 15 is 0 Å². The molecule has 0 N–H and O–H groups in total. The van der Waals surface area contributed by atoms with Crippen LogP contribution in [0.25, 0.3) is 10.1 Å². The van der Waals surface area contributed by atoms with Gasteiger partial charge in [-0.1, -0.05) is 6.07 Å². The van der Waals surface area contributed by atoms with Gasteiger partial charge in [-0.2, -0.15) is 0 Å². The Hall–Kier alpha value is -1.35. The van der Waals surface area contributed by atoms with E-state index in [9.17, 15) is 4.79 Å². The molecule has 1 aromatic heterocycles. The molecule has 0 unspecified atom stereocenters. The summed E-state index contributed by atoms with van der Waals surface area (Å²) in [6, 6.07) is 7.87. The van der Waals surface area contributed by atoms with Gasteiger partial charge in [0.05, 0.1) is 0 Å². The predicted octanol–water partition coefficient (Wildman–Crippen LogP) is 2.60. The van der Waals surface area contributed by atoms with E-state index in [1.165, 1.54) is 5.39 Å². The van der Waals surface area contributed by atoms with Crippen molar-refractivity contribution in [2.24, 2.45) is 0 Å². The molecule has 0 spiro atoms. The average Bonchev–Trinajstić information content (AvgIpc) is 2.62. The van der Waals surface area contributed by atoms with Crippen LogP contribution in [0.4, 0.5) is 0 Å². The lowest BCUT2D eigenvalue weighted by atomic mass is 10.1. The number of nitrogens with zero attached hydrogens (tertiary/aromatic N) is 1. The number of amides is 1. The Morgan fingerprint density at radius 2 is 2.07 bits per heavy atom. The van der Waals surface area contributed by atoms with Gasteiger partial charge in [0.2, 0.25) is 0 Å². The lowest BCUT2D eigenvalue weighted by molar-refractivity contribution is 0.0828. The first-order chi connectivity index (χ1) is 6.68. The van der Waals surface area contributed by atoms with E-state index < -0.39 is 0 Å². The van der Waals surface area contributed by atoms with Crippen LogP contribution in [0.3, 0.4) is 0 Å². The van der Waals surface area contributed by atoms with Crippen LogP contribution in [0.15, 0.2) is 29.6 Å². The molecule has 0 aliphatic rings. The summed E-state index contributed by atoms with van der Waals surface area (Å²) in [5.74, 6) is 0.0558. The van der Waals surface area contributed by atoms with Crippen LogP contribution in [-0.2, 0) is 0 Å². The predicted molar refractivity (Wildman–Crippen MR) is 59.8 cm³/mol. The normalized spacial score (nSPS) is 10.4. The summed E-state index contributed by atoms with van der Waals surface area (Å²) in [6.45, 7) is 0. The topological polar surface area (TPSA) is 20.3 Å². The van der Waals surface area contributed by atoms with E-state index in [4.69, 9.17) is 0 Å². The third-order valence-electron chi connectivity index (χ3n) is 2.11. The molecule has 1 amide bonds. The van der Waals surface area contributed by atoms with Gasteiger partial charge in [0.25, 0.3) is 5.91 Å². The molecular weight excluding hydrogens is 194 g/mol. The highest BCUT2D eigenvalue weighted by Crippen LogP contribution is 2.22. The molecule has 14 heavy (non-hydrogen) atoms. The van der Waals surface area contributed by atoms with Crippen molar-refractivity contribution in [2.45, 2.75) is 0 Å². The summed E-state index contributed by atoms with van der Waals surface area (Å²) in [7, 11) is 3.53. The molecule has 0 radical (unpaired) electrons. The maximum Gasteiger partial charge on any atom is 0.253 e. The van der Waals surface area contributed by atoms with Gasteiger partial charge in [-0.25, -0.2) is 0 Å². The smallest absolute Gasteiger partial charge is 0.253 e. The number of hydrogen-bond donors (Lipinski definition) is 0. The molecule has 0 fully saturated rings. The van der Waals surface area contributed by atoms with E-state index in [1.54, 1.807) is 30.3 Å². The summed E-state index contributed by atoms with van der Waals surface area (Å²) in [5.41, 5.74) is 0.755. The zero-order chi connectivity index (χ0) is 10.1. The van der Waals surface area contributed by atoms with Crippen molar-refractivity contribution in [1.29, 1.82) is 0 Å². The minimum Gasteiger partial charge on any atom is -0.345 e. The molecule has 0 bridgehead atoms. The van der Waals surface area contributed by atoms with E-state index in [-0.39, 0.29) is 5.91 Å². The van der Waals surface area contributed by atoms with Crippen LogP contribution < -0.4 is 0 Å². The van der Waals surface area contributed by atoms with Crippen LogP contribution >= 0.6 is 11.3 Å². The molecule has 2 aromatic rings. The minimum atomic E-state index is 0.0558. The summed E-state index contributed by atoms with van der Waals surface area (Å²) in [6.07, 6.45) is 0. The highest BCUT2D eigenvalue weighted by atomic mass is 32.1. The van der Waals surface area contributed by atoms with E-state index in [2.05, 4.69) is 6.07 Å². The first-order valence-corrected chi connectivity index (χ1v) is 5.25. The van der Waals surface area contributed by atoms with Gasteiger partial charge in [0.15, 0.2) is 0 Å². The van der Waals surface area contributed by atoms with Gasteiger partial charge in [-0.15, -0.1) is 11.3 Å². The van der Waals surface area contributed by atoms with Crippen LogP contribution in [0, 0.1) is 0 Å². The summed E-state index contributed by atoms with van der Waals surface area (Å²) in [5, 5.41) is 3.24. The van der Waals surface area contributed by atoms with Crippen LogP contribution in [0.1, 0.15) is 10.4 Å². The van der Waals surface area contributed by atoms with Crippen LogP contribution in [-0.4, -0.2) is 24.9 Å². The van der Waals surface area contributed by atoms with Crippen molar-refractivity contribution in [1.82, 2.24) is 4.90 Å². The van der Waals surface area contributed by atoms with Gasteiger partial charge in [-0.3, -0.25) is 4.79 Å². The highest BCUT2D eigenvalue weighted by molar-refractivity contribution is 7.17. The monoisotopic (exact) mass is 205 g/mol. The molecule has 0 atom stereocenters. The van der Waals surface area contributed by atoms with Crippen molar-refractivity contribution in [3.8, 4) is 0 Å². The Bertz CT molecular complexity index is 473. The molecule has 0 aliphatic carbocycles. The zero-order valence-corrected chi connectivity index (χ0v) is 8.97. The molecule has 2 rings (SSSR count). The van der Waals surface area contributed by atoms with E-state index in [0.29, 0.717) is 0 Å². The zero-order valence-electron chi connectivity index (χ0n) is 8.15. The Kier molecular flexibility index (Phi) is 2.25. The van der Waals surface area contributed by atoms with Gasteiger partial charge in [0.1, 0.15) is 0 Å². The molecule has 2 nitrogen and oxygen atoms in total. The maximum atomic E-state index is 11.6. The van der Waals surface area contributed by atoms with E-state index in [0.717, 1.165) is 10.3 Å². The quantitative estimate of drug-likeness (QED) is 0.700. The fraction of sp³-hybridized carbons (Fsp3) is 0.182. The third kappa shape index (κ3) is 1.51. The number of thiophene rings is 1. The van der Waals surface area contributed by atoms with Gasteiger partial charge in [0, 0.05) is 24.4 Å². The second-order valence-electron chi connectivity index (χ2n) is 3.37. The summed E-state index contributed by atoms with van der Waals surface area (Å²) < 4.78 is 1.16. The fourth-order valence-electron chi connectivity index (χ4n) is 1.35. The van der Waals surface area contributed by atoms with Crippen molar-refractivity contribution in [3.05, 3.63) is 35.2 Å². The van der Waals surface area contributed by atoms with Crippen molar-refractivity contribution >= 4 is 27.3 Å². The summed E-state index contributed by atoms with van der Waals surface area (Å²) >= 11 is 1.66. The van der Waals surface area contributed by atoms with Crippen molar-refractivity contribution in [2.75, 3.05) is 14.1 Å². The third-order valence-corrected chi connectivity index (χ3v) is 2.99. The van der Waals surface area contributed by atoms with Crippen LogP contribution in [0.5, 0.6) is 0 Å². The first kappa shape index (κ1) is 9.21. The average molecular weight is 205 g/mol. The Morgan fingerprint density at radius 3 is 2.79 bits per heavy atom.